The molecule has 0 aliphatic heterocycles. The van der Waals surface area contributed by atoms with Crippen LogP contribution >= 0.6 is 0 Å². The average Bonchev–Trinajstić information content (AvgIpc) is 2.79. The van der Waals surface area contributed by atoms with Gasteiger partial charge in [-0.2, -0.15) is 0 Å². The molecule has 0 spiro atoms. The number of nitrogens with one attached hydrogen (secondary N) is 1. The molecule has 0 heterocycles. The Morgan fingerprint density at radius 2 is 1.63 bits per heavy atom. The molecular formula is C15H29N3O. The zero-order chi connectivity index (χ0) is 13.3. The molecule has 0 aromatic heterocycles. The van der Waals surface area contributed by atoms with Gasteiger partial charge in [-0.25, -0.2) is 0 Å². The van der Waals surface area contributed by atoms with E-state index < -0.39 is 0 Å². The zero-order valence-electron chi connectivity index (χ0n) is 12.1. The molecule has 4 nitrogen and oxygen atoms in total. The summed E-state index contributed by atoms with van der Waals surface area (Å²) in [5, 5.41) is 3.36. The number of hydrogen-bond acceptors (Lipinski definition) is 2. The SMILES string of the molecule is NC(=NCCOC1CCCC1)NC1CCCCCC1. The van der Waals surface area contributed by atoms with Gasteiger partial charge in [-0.3, -0.25) is 4.99 Å². The van der Waals surface area contributed by atoms with Crippen molar-refractivity contribution < 1.29 is 4.74 Å². The van der Waals surface area contributed by atoms with Gasteiger partial charge in [0.15, 0.2) is 5.96 Å². The summed E-state index contributed by atoms with van der Waals surface area (Å²) in [7, 11) is 0. The summed E-state index contributed by atoms with van der Waals surface area (Å²) < 4.78 is 5.77. The van der Waals surface area contributed by atoms with E-state index in [2.05, 4.69) is 10.3 Å². The van der Waals surface area contributed by atoms with Gasteiger partial charge in [-0.1, -0.05) is 38.5 Å². The molecule has 0 saturated heterocycles. The van der Waals surface area contributed by atoms with Crippen molar-refractivity contribution in [3.05, 3.63) is 0 Å². The average molecular weight is 267 g/mol. The second-order valence-electron chi connectivity index (χ2n) is 5.88. The molecule has 2 fully saturated rings. The molecule has 4 heteroatoms. The van der Waals surface area contributed by atoms with Crippen molar-refractivity contribution in [3.8, 4) is 0 Å². The molecule has 3 N–H and O–H groups in total. The third-order valence-corrected chi connectivity index (χ3v) is 4.24. The molecule has 2 aliphatic rings. The summed E-state index contributed by atoms with van der Waals surface area (Å²) in [5.41, 5.74) is 5.93. The summed E-state index contributed by atoms with van der Waals surface area (Å²) in [6.07, 6.45) is 13.4. The predicted octanol–water partition coefficient (Wildman–Crippen LogP) is 2.57. The topological polar surface area (TPSA) is 59.6 Å². The van der Waals surface area contributed by atoms with Crippen LogP contribution in [0, 0.1) is 0 Å². The van der Waals surface area contributed by atoms with E-state index in [9.17, 15) is 0 Å². The fourth-order valence-electron chi connectivity index (χ4n) is 3.12. The highest BCUT2D eigenvalue weighted by Crippen LogP contribution is 2.20. The maximum absolute atomic E-state index is 5.93. The Hall–Kier alpha value is -0.770. The van der Waals surface area contributed by atoms with Crippen molar-refractivity contribution in [3.63, 3.8) is 0 Å². The molecular weight excluding hydrogens is 238 g/mol. The predicted molar refractivity (Wildman–Crippen MR) is 79.3 cm³/mol. The van der Waals surface area contributed by atoms with Gasteiger partial charge >= 0.3 is 0 Å². The Morgan fingerprint density at radius 3 is 2.32 bits per heavy atom. The number of guanidine groups is 1. The van der Waals surface area contributed by atoms with Crippen molar-refractivity contribution in [2.75, 3.05) is 13.2 Å². The van der Waals surface area contributed by atoms with E-state index in [4.69, 9.17) is 10.5 Å². The fraction of sp³-hybridized carbons (Fsp3) is 0.933. The molecule has 2 rings (SSSR count). The quantitative estimate of drug-likeness (QED) is 0.348. The van der Waals surface area contributed by atoms with Gasteiger partial charge in [-0.15, -0.1) is 0 Å². The van der Waals surface area contributed by atoms with E-state index >= 15 is 0 Å². The van der Waals surface area contributed by atoms with Crippen molar-refractivity contribution in [1.82, 2.24) is 5.32 Å². The first-order valence-electron chi connectivity index (χ1n) is 8.02. The number of ether oxygens (including phenoxy) is 1. The van der Waals surface area contributed by atoms with Crippen LogP contribution < -0.4 is 11.1 Å². The lowest BCUT2D eigenvalue weighted by Crippen LogP contribution is -2.40. The molecule has 0 aromatic rings. The van der Waals surface area contributed by atoms with Gasteiger partial charge in [0.2, 0.25) is 0 Å². The minimum absolute atomic E-state index is 0.478. The number of nitrogens with zero attached hydrogens (tertiary/aromatic N) is 1. The van der Waals surface area contributed by atoms with Crippen molar-refractivity contribution in [1.29, 1.82) is 0 Å². The van der Waals surface area contributed by atoms with Crippen molar-refractivity contribution >= 4 is 5.96 Å². The van der Waals surface area contributed by atoms with E-state index in [-0.39, 0.29) is 0 Å². The molecule has 0 unspecified atom stereocenters. The molecule has 0 atom stereocenters. The first-order chi connectivity index (χ1) is 9.34. The highest BCUT2D eigenvalue weighted by molar-refractivity contribution is 5.78. The molecule has 19 heavy (non-hydrogen) atoms. The van der Waals surface area contributed by atoms with Gasteiger partial charge in [0.1, 0.15) is 0 Å². The first kappa shape index (κ1) is 14.6. The molecule has 0 aromatic carbocycles. The van der Waals surface area contributed by atoms with Crippen LogP contribution in [0.1, 0.15) is 64.2 Å². The van der Waals surface area contributed by atoms with E-state index in [1.54, 1.807) is 0 Å². The van der Waals surface area contributed by atoms with Crippen molar-refractivity contribution in [2.24, 2.45) is 10.7 Å². The molecule has 2 aliphatic carbocycles. The smallest absolute Gasteiger partial charge is 0.188 e. The number of hydrogen-bond donors (Lipinski definition) is 2. The van der Waals surface area contributed by atoms with Crippen LogP contribution in [0.2, 0.25) is 0 Å². The van der Waals surface area contributed by atoms with Crippen LogP contribution in [0.3, 0.4) is 0 Å². The third kappa shape index (κ3) is 5.81. The summed E-state index contributed by atoms with van der Waals surface area (Å²) in [6, 6.07) is 0.530. The van der Waals surface area contributed by atoms with E-state index in [0.717, 1.165) is 0 Å². The number of aliphatic imine (C=N–C) groups is 1. The molecule has 0 amide bonds. The lowest BCUT2D eigenvalue weighted by Gasteiger charge is -2.16. The normalized spacial score (nSPS) is 23.5. The van der Waals surface area contributed by atoms with Crippen LogP contribution in [0.15, 0.2) is 4.99 Å². The highest BCUT2D eigenvalue weighted by atomic mass is 16.5. The van der Waals surface area contributed by atoms with Gasteiger partial charge in [0, 0.05) is 6.04 Å². The Labute approximate surface area is 117 Å². The molecule has 2 saturated carbocycles. The van der Waals surface area contributed by atoms with Crippen LogP contribution in [0.4, 0.5) is 0 Å². The zero-order valence-corrected chi connectivity index (χ0v) is 12.1. The third-order valence-electron chi connectivity index (χ3n) is 4.24. The second kappa shape index (κ2) is 8.41. The van der Waals surface area contributed by atoms with Gasteiger partial charge < -0.3 is 15.8 Å². The Balaban J connectivity index is 1.58. The summed E-state index contributed by atoms with van der Waals surface area (Å²) in [4.78, 5) is 4.37. The van der Waals surface area contributed by atoms with Gasteiger partial charge in [0.05, 0.1) is 19.3 Å². The molecule has 0 bridgehead atoms. The second-order valence-corrected chi connectivity index (χ2v) is 5.88. The first-order valence-corrected chi connectivity index (χ1v) is 8.02. The molecule has 0 radical (unpaired) electrons. The number of nitrogens with two attached hydrogens (primary N) is 1. The lowest BCUT2D eigenvalue weighted by molar-refractivity contribution is 0.0643. The highest BCUT2D eigenvalue weighted by Gasteiger charge is 2.15. The number of rotatable bonds is 5. The van der Waals surface area contributed by atoms with Crippen LogP contribution in [0.5, 0.6) is 0 Å². The summed E-state index contributed by atoms with van der Waals surface area (Å²) >= 11 is 0. The molecule has 110 valence electrons. The van der Waals surface area contributed by atoms with Crippen LogP contribution in [-0.2, 0) is 4.74 Å². The van der Waals surface area contributed by atoms with E-state index in [0.29, 0.717) is 31.3 Å². The van der Waals surface area contributed by atoms with E-state index in [1.165, 1.54) is 64.2 Å². The maximum atomic E-state index is 5.93. The Kier molecular flexibility index (Phi) is 6.48. The van der Waals surface area contributed by atoms with Crippen molar-refractivity contribution in [2.45, 2.75) is 76.4 Å². The van der Waals surface area contributed by atoms with Gasteiger partial charge in [-0.05, 0) is 25.7 Å². The lowest BCUT2D eigenvalue weighted by atomic mass is 10.1. The largest absolute Gasteiger partial charge is 0.376 e. The minimum Gasteiger partial charge on any atom is -0.376 e. The van der Waals surface area contributed by atoms with E-state index in [1.807, 2.05) is 0 Å². The Morgan fingerprint density at radius 1 is 1.00 bits per heavy atom. The van der Waals surface area contributed by atoms with Crippen LogP contribution in [0.25, 0.3) is 0 Å². The summed E-state index contributed by atoms with van der Waals surface area (Å²) in [6.45, 7) is 1.39. The summed E-state index contributed by atoms with van der Waals surface area (Å²) in [5.74, 6) is 0.599. The fourth-order valence-corrected chi connectivity index (χ4v) is 3.12. The monoisotopic (exact) mass is 267 g/mol. The van der Waals surface area contributed by atoms with Gasteiger partial charge in [0.25, 0.3) is 0 Å². The maximum Gasteiger partial charge on any atom is 0.188 e. The standard InChI is InChI=1S/C15H29N3O/c16-15(18-13-7-3-1-2-4-8-13)17-11-12-19-14-9-5-6-10-14/h13-14H,1-12H2,(H3,16,17,18). The minimum atomic E-state index is 0.478. The van der Waals surface area contributed by atoms with Crippen LogP contribution in [-0.4, -0.2) is 31.3 Å². The Bertz CT molecular complexity index is 267.